The first-order chi connectivity index (χ1) is 28.7. The van der Waals surface area contributed by atoms with Gasteiger partial charge < -0.3 is 9.13 Å². The number of nitrogens with zero attached hydrogens (tertiary/aromatic N) is 6. The van der Waals surface area contributed by atoms with E-state index < -0.39 is 0 Å². The molecule has 0 spiro atoms. The summed E-state index contributed by atoms with van der Waals surface area (Å²) in [5.74, 6) is 1.68. The molecule has 58 heavy (non-hydrogen) atoms. The Morgan fingerprint density at radius 2 is 0.810 bits per heavy atom. The Morgan fingerprint density at radius 1 is 0.362 bits per heavy atom. The fraction of sp³-hybridized carbons (Fsp3) is 0. The lowest BCUT2D eigenvalue weighted by molar-refractivity contribution is 1.07. The Kier molecular flexibility index (Phi) is 7.76. The van der Waals surface area contributed by atoms with Gasteiger partial charge in [-0.25, -0.2) is 19.8 Å². The van der Waals surface area contributed by atoms with Gasteiger partial charge in [0, 0.05) is 49.6 Å². The Morgan fingerprint density at radius 3 is 1.38 bits per heavy atom. The summed E-state index contributed by atoms with van der Waals surface area (Å²) in [6.45, 7) is 8.40. The van der Waals surface area contributed by atoms with E-state index in [2.05, 4.69) is 129 Å². The van der Waals surface area contributed by atoms with Crippen molar-refractivity contribution in [3.63, 3.8) is 0 Å². The molecule has 3 aromatic heterocycles. The molecule has 0 saturated heterocycles. The molecule has 0 radical (unpaired) electrons. The van der Waals surface area contributed by atoms with Gasteiger partial charge in [-0.3, -0.25) is 0 Å². The van der Waals surface area contributed by atoms with Crippen LogP contribution in [0.3, 0.4) is 0 Å². The maximum absolute atomic E-state index is 8.40. The van der Waals surface area contributed by atoms with Gasteiger partial charge in [-0.1, -0.05) is 133 Å². The molecule has 0 unspecified atom stereocenters. The minimum absolute atomic E-state index is 0.516. The summed E-state index contributed by atoms with van der Waals surface area (Å²) in [5.41, 5.74) is 11.6. The summed E-state index contributed by atoms with van der Waals surface area (Å²) in [5, 5.41) is 4.69. The molecule has 6 nitrogen and oxygen atoms in total. The highest BCUT2D eigenvalue weighted by molar-refractivity contribution is 6.29. The van der Waals surface area contributed by atoms with Crippen LogP contribution in [-0.2, 0) is 0 Å². The molecule has 0 N–H and O–H groups in total. The number of benzene rings is 8. The monoisotopic (exact) mass is 740 g/mol. The smallest absolute Gasteiger partial charge is 0.195 e. The molecule has 0 atom stereocenters. The van der Waals surface area contributed by atoms with Gasteiger partial charge in [-0.2, -0.15) is 0 Å². The Balaban J connectivity index is 1.13. The first kappa shape index (κ1) is 33.2. The van der Waals surface area contributed by atoms with E-state index in [1.54, 1.807) is 0 Å². The van der Waals surface area contributed by atoms with Crippen molar-refractivity contribution in [2.75, 3.05) is 0 Å². The molecule has 0 amide bonds. The van der Waals surface area contributed by atoms with Crippen molar-refractivity contribution in [2.45, 2.75) is 0 Å². The van der Waals surface area contributed by atoms with Crippen molar-refractivity contribution in [1.82, 2.24) is 24.1 Å². The average molecular weight is 741 g/mol. The molecular formula is C52H32N6. The second-order valence-electron chi connectivity index (χ2n) is 14.3. The molecular weight excluding hydrogens is 709 g/mol. The maximum Gasteiger partial charge on any atom is 0.195 e. The molecule has 11 aromatic rings. The third-order valence-corrected chi connectivity index (χ3v) is 11.0. The van der Waals surface area contributed by atoms with Gasteiger partial charge >= 0.3 is 0 Å². The van der Waals surface area contributed by atoms with Gasteiger partial charge in [0.15, 0.2) is 23.2 Å². The van der Waals surface area contributed by atoms with E-state index in [1.807, 2.05) is 78.9 Å². The van der Waals surface area contributed by atoms with Gasteiger partial charge in [0.25, 0.3) is 0 Å². The maximum atomic E-state index is 8.40. The summed E-state index contributed by atoms with van der Waals surface area (Å²) in [6.07, 6.45) is 0. The van der Waals surface area contributed by atoms with E-state index in [0.717, 1.165) is 66.6 Å². The number of fused-ring (bicyclic) bond motifs is 7. The van der Waals surface area contributed by atoms with E-state index >= 15 is 0 Å². The van der Waals surface area contributed by atoms with Crippen LogP contribution in [0, 0.1) is 6.57 Å². The molecule has 0 saturated carbocycles. The highest BCUT2D eigenvalue weighted by Gasteiger charge is 2.22. The fourth-order valence-corrected chi connectivity index (χ4v) is 8.39. The number of hydrogen-bond donors (Lipinski definition) is 0. The van der Waals surface area contributed by atoms with E-state index in [0.29, 0.717) is 23.2 Å². The molecule has 11 rings (SSSR count). The first-order valence-corrected chi connectivity index (χ1v) is 19.2. The standard InChI is InChI=1S/C52H32N6/c1-53-43-33-37(52-55-50(34-16-6-2-7-17-34)54-51(56-52)35-18-8-3-9-19-35)26-28-40(43)36-27-29-45-42(32-36)49-47(58(45)39-22-12-5-13-23-39)31-30-46-48(49)41-24-14-15-25-44(41)57(46)38-20-10-4-11-21-38/h2-33H. The Bertz CT molecular complexity index is 3320. The van der Waals surface area contributed by atoms with Crippen molar-refractivity contribution in [3.05, 3.63) is 206 Å². The molecule has 0 fully saturated rings. The van der Waals surface area contributed by atoms with Crippen molar-refractivity contribution in [2.24, 2.45) is 0 Å². The van der Waals surface area contributed by atoms with Crippen molar-refractivity contribution >= 4 is 49.3 Å². The second-order valence-corrected chi connectivity index (χ2v) is 14.3. The van der Waals surface area contributed by atoms with E-state index in [4.69, 9.17) is 21.5 Å². The van der Waals surface area contributed by atoms with Crippen LogP contribution in [0.25, 0.3) is 105 Å². The topological polar surface area (TPSA) is 52.9 Å². The fourth-order valence-electron chi connectivity index (χ4n) is 8.39. The Hall–Kier alpha value is -8.14. The van der Waals surface area contributed by atoms with Gasteiger partial charge in [0.2, 0.25) is 0 Å². The lowest BCUT2D eigenvalue weighted by Gasteiger charge is -2.11. The largest absolute Gasteiger partial charge is 0.309 e. The normalized spacial score (nSPS) is 11.4. The zero-order valence-corrected chi connectivity index (χ0v) is 31.2. The third-order valence-electron chi connectivity index (χ3n) is 11.0. The molecule has 3 heterocycles. The number of rotatable bonds is 6. The summed E-state index contributed by atoms with van der Waals surface area (Å²) in [7, 11) is 0. The molecule has 270 valence electrons. The van der Waals surface area contributed by atoms with Crippen LogP contribution < -0.4 is 0 Å². The van der Waals surface area contributed by atoms with Crippen molar-refractivity contribution in [1.29, 1.82) is 0 Å². The van der Waals surface area contributed by atoms with Crippen LogP contribution in [-0.4, -0.2) is 24.1 Å². The van der Waals surface area contributed by atoms with Crippen molar-refractivity contribution < 1.29 is 0 Å². The van der Waals surface area contributed by atoms with Crippen LogP contribution >= 0.6 is 0 Å². The van der Waals surface area contributed by atoms with E-state index in [9.17, 15) is 0 Å². The second kappa shape index (κ2) is 13.6. The SMILES string of the molecule is [C-]#[N+]c1cc(-c2nc(-c3ccccc3)nc(-c3ccccc3)n2)ccc1-c1ccc2c(c1)c1c3c4ccccc4n(-c4ccccc4)c3ccc1n2-c1ccccc1. The quantitative estimate of drug-likeness (QED) is 0.160. The number of aromatic nitrogens is 5. The van der Waals surface area contributed by atoms with Crippen LogP contribution in [0.4, 0.5) is 5.69 Å². The van der Waals surface area contributed by atoms with Crippen molar-refractivity contribution in [3.8, 4) is 56.7 Å². The van der Waals surface area contributed by atoms with Crippen LogP contribution in [0.2, 0.25) is 0 Å². The molecule has 6 heteroatoms. The molecule has 0 aliphatic heterocycles. The van der Waals surface area contributed by atoms with E-state index in [-0.39, 0.29) is 0 Å². The summed E-state index contributed by atoms with van der Waals surface area (Å²) in [6, 6.07) is 66.7. The molecule has 0 aliphatic rings. The minimum Gasteiger partial charge on any atom is -0.309 e. The predicted molar refractivity (Wildman–Crippen MR) is 237 cm³/mol. The Labute approximate surface area is 334 Å². The highest BCUT2D eigenvalue weighted by Crippen LogP contribution is 2.44. The molecule has 8 aromatic carbocycles. The summed E-state index contributed by atoms with van der Waals surface area (Å²) in [4.78, 5) is 18.8. The average Bonchev–Trinajstić information content (AvgIpc) is 3.82. The molecule has 0 aliphatic carbocycles. The van der Waals surface area contributed by atoms with Crippen LogP contribution in [0.1, 0.15) is 0 Å². The lowest BCUT2D eigenvalue weighted by atomic mass is 9.98. The summed E-state index contributed by atoms with van der Waals surface area (Å²) < 4.78 is 4.72. The lowest BCUT2D eigenvalue weighted by Crippen LogP contribution is -2.00. The van der Waals surface area contributed by atoms with Gasteiger partial charge in [-0.05, 0) is 71.8 Å². The van der Waals surface area contributed by atoms with Gasteiger partial charge in [0.05, 0.1) is 28.6 Å². The van der Waals surface area contributed by atoms with Gasteiger partial charge in [-0.15, -0.1) is 0 Å². The predicted octanol–water partition coefficient (Wildman–Crippen LogP) is 13.3. The zero-order chi connectivity index (χ0) is 38.6. The summed E-state index contributed by atoms with van der Waals surface area (Å²) >= 11 is 0. The first-order valence-electron chi connectivity index (χ1n) is 19.2. The van der Waals surface area contributed by atoms with Crippen LogP contribution in [0.15, 0.2) is 194 Å². The van der Waals surface area contributed by atoms with Gasteiger partial charge in [0.1, 0.15) is 0 Å². The molecule has 0 bridgehead atoms. The number of hydrogen-bond acceptors (Lipinski definition) is 3. The number of para-hydroxylation sites is 3. The third kappa shape index (κ3) is 5.37. The van der Waals surface area contributed by atoms with Crippen LogP contribution in [0.5, 0.6) is 0 Å². The van der Waals surface area contributed by atoms with E-state index in [1.165, 1.54) is 16.2 Å². The minimum atomic E-state index is 0.516. The highest BCUT2D eigenvalue weighted by atomic mass is 15.0. The zero-order valence-electron chi connectivity index (χ0n) is 31.2.